The van der Waals surface area contributed by atoms with Crippen LogP contribution in [-0.2, 0) is 19.1 Å². The van der Waals surface area contributed by atoms with Crippen LogP contribution in [0.4, 0.5) is 0 Å². The zero-order chi connectivity index (χ0) is 25.7. The van der Waals surface area contributed by atoms with Crippen molar-refractivity contribution in [2.75, 3.05) is 7.11 Å². The molecule has 0 saturated heterocycles. The Hall–Kier alpha value is -1.65. The fourth-order valence-electron chi connectivity index (χ4n) is 10.6. The Labute approximate surface area is 210 Å². The normalized spacial score (nSPS) is 53.3. The molecule has 5 aliphatic carbocycles. The number of hydrogen-bond donors (Lipinski definition) is 1. The predicted octanol–water partition coefficient (Wildman–Crippen LogP) is 6.20. The van der Waals surface area contributed by atoms with Crippen LogP contribution in [0.2, 0.25) is 0 Å². The lowest BCUT2D eigenvalue weighted by Gasteiger charge is -2.74. The van der Waals surface area contributed by atoms with Gasteiger partial charge in [0.25, 0.3) is 0 Å². The van der Waals surface area contributed by atoms with Gasteiger partial charge in [0, 0.05) is 6.42 Å². The number of aldehydes is 1. The van der Waals surface area contributed by atoms with Gasteiger partial charge in [-0.2, -0.15) is 0 Å². The van der Waals surface area contributed by atoms with E-state index in [0.29, 0.717) is 18.3 Å². The van der Waals surface area contributed by atoms with E-state index in [1.54, 1.807) is 6.08 Å². The maximum atomic E-state index is 12.9. The Kier molecular flexibility index (Phi) is 5.32. The van der Waals surface area contributed by atoms with Crippen molar-refractivity contribution in [3.8, 4) is 0 Å². The lowest BCUT2D eigenvalue weighted by molar-refractivity contribution is -0.247. The molecule has 9 unspecified atom stereocenters. The zero-order valence-electron chi connectivity index (χ0n) is 22.5. The molecule has 0 bridgehead atoms. The molecule has 35 heavy (non-hydrogen) atoms. The molecule has 0 heterocycles. The van der Waals surface area contributed by atoms with Crippen LogP contribution in [0.15, 0.2) is 11.8 Å². The fraction of sp³-hybridized carbons (Fsp3) is 0.833. The molecular weight excluding hydrogens is 440 g/mol. The van der Waals surface area contributed by atoms with Gasteiger partial charge in [-0.1, -0.05) is 27.7 Å². The minimum absolute atomic E-state index is 0.0592. The number of allylic oxidation sites excluding steroid dienone is 2. The van der Waals surface area contributed by atoms with E-state index in [4.69, 9.17) is 4.74 Å². The molecule has 0 aromatic rings. The maximum absolute atomic E-state index is 12.9. The number of ketones is 1. The summed E-state index contributed by atoms with van der Waals surface area (Å²) in [7, 11) is 1.51. The van der Waals surface area contributed by atoms with Crippen molar-refractivity contribution in [3.63, 3.8) is 0 Å². The molecule has 5 nitrogen and oxygen atoms in total. The van der Waals surface area contributed by atoms with Crippen LogP contribution >= 0.6 is 0 Å². The van der Waals surface area contributed by atoms with Crippen molar-refractivity contribution >= 4 is 18.0 Å². The topological polar surface area (TPSA) is 80.7 Å². The summed E-state index contributed by atoms with van der Waals surface area (Å²) < 4.78 is 5.27. The van der Waals surface area contributed by atoms with Crippen LogP contribution in [0.25, 0.3) is 0 Å². The second kappa shape index (κ2) is 7.44. The number of fused-ring (bicyclic) bond motifs is 7. The summed E-state index contributed by atoms with van der Waals surface area (Å²) in [5, 5.41) is 10.3. The number of aliphatic hydroxyl groups is 1. The molecule has 5 aliphatic rings. The van der Waals surface area contributed by atoms with Gasteiger partial charge in [0.05, 0.1) is 17.9 Å². The van der Waals surface area contributed by atoms with Crippen LogP contribution in [0.1, 0.15) is 98.8 Å². The summed E-state index contributed by atoms with van der Waals surface area (Å²) in [6.45, 7) is 11.9. The number of methoxy groups -OCH3 is 1. The number of carbonyl (C=O) groups excluding carboxylic acids is 3. The molecule has 4 fully saturated rings. The van der Waals surface area contributed by atoms with Crippen LogP contribution < -0.4 is 0 Å². The van der Waals surface area contributed by atoms with Crippen LogP contribution in [0.5, 0.6) is 0 Å². The number of Topliss-reactive ketones (excluding diaryl/α,β-unsaturated/α-hetero) is 1. The van der Waals surface area contributed by atoms with Gasteiger partial charge in [-0.05, 0) is 110 Å². The lowest BCUT2D eigenvalue weighted by Crippen LogP contribution is -2.67. The first-order valence-corrected chi connectivity index (χ1v) is 13.7. The first-order chi connectivity index (χ1) is 16.2. The average molecular weight is 485 g/mol. The highest BCUT2D eigenvalue weighted by Crippen LogP contribution is 2.77. The average Bonchev–Trinajstić information content (AvgIpc) is 2.82. The van der Waals surface area contributed by atoms with Crippen molar-refractivity contribution in [2.45, 2.75) is 98.8 Å². The van der Waals surface area contributed by atoms with E-state index < -0.39 is 10.8 Å². The van der Waals surface area contributed by atoms with Gasteiger partial charge in [0.15, 0.2) is 11.5 Å². The highest BCUT2D eigenvalue weighted by atomic mass is 16.5. The summed E-state index contributed by atoms with van der Waals surface area (Å²) in [5.41, 5.74) is -0.916. The molecule has 0 spiro atoms. The second-order valence-corrected chi connectivity index (χ2v) is 14.3. The minimum atomic E-state index is -0.731. The number of ether oxygens (including phenoxy) is 1. The number of rotatable bonds is 2. The standard InChI is InChI=1S/C30H44O5/c1-25-9-10-26(2,24(34)35-6)17-23(25)29(5)14-12-27(3)21(28(29,4)13-11-25)7-8-30(18-31)16-20(33)19(32)15-22(27)30/h16,18,21-23,33H,7-15,17H2,1-6H3. The summed E-state index contributed by atoms with van der Waals surface area (Å²) >= 11 is 0. The molecule has 5 rings (SSSR count). The van der Waals surface area contributed by atoms with Crippen molar-refractivity contribution in [1.29, 1.82) is 0 Å². The first kappa shape index (κ1) is 25.0. The van der Waals surface area contributed by atoms with Gasteiger partial charge in [0.1, 0.15) is 6.29 Å². The molecule has 0 radical (unpaired) electrons. The van der Waals surface area contributed by atoms with Gasteiger partial charge < -0.3 is 14.6 Å². The Morgan fingerprint density at radius 1 is 0.943 bits per heavy atom. The second-order valence-electron chi connectivity index (χ2n) is 14.3. The van der Waals surface area contributed by atoms with Gasteiger partial charge in [-0.25, -0.2) is 0 Å². The first-order valence-electron chi connectivity index (χ1n) is 13.7. The van der Waals surface area contributed by atoms with E-state index in [2.05, 4.69) is 34.6 Å². The fourth-order valence-corrected chi connectivity index (χ4v) is 10.6. The molecule has 0 amide bonds. The molecule has 4 saturated carbocycles. The summed E-state index contributed by atoms with van der Waals surface area (Å²) in [6.07, 6.45) is 11.7. The molecule has 0 aromatic carbocycles. The highest BCUT2D eigenvalue weighted by Gasteiger charge is 2.71. The smallest absolute Gasteiger partial charge is 0.311 e. The molecule has 1 N–H and O–H groups in total. The third-order valence-electron chi connectivity index (χ3n) is 13.1. The van der Waals surface area contributed by atoms with E-state index in [-0.39, 0.29) is 51.5 Å². The molecule has 0 aliphatic heterocycles. The molecule has 194 valence electrons. The minimum Gasteiger partial charge on any atom is -0.505 e. The van der Waals surface area contributed by atoms with E-state index in [1.165, 1.54) is 7.11 Å². The van der Waals surface area contributed by atoms with Gasteiger partial charge in [-0.15, -0.1) is 0 Å². The highest BCUT2D eigenvalue weighted by molar-refractivity contribution is 5.96. The zero-order valence-corrected chi connectivity index (χ0v) is 22.5. The van der Waals surface area contributed by atoms with E-state index in [1.807, 2.05) is 0 Å². The van der Waals surface area contributed by atoms with E-state index >= 15 is 0 Å². The molecule has 0 aromatic heterocycles. The van der Waals surface area contributed by atoms with Crippen molar-refractivity contribution in [3.05, 3.63) is 11.8 Å². The van der Waals surface area contributed by atoms with Crippen molar-refractivity contribution in [1.82, 2.24) is 0 Å². The molecule has 5 heteroatoms. The Balaban J connectivity index is 1.56. The van der Waals surface area contributed by atoms with Crippen LogP contribution in [0, 0.1) is 50.2 Å². The monoisotopic (exact) mass is 484 g/mol. The number of carbonyl (C=O) groups is 3. The number of esters is 1. The van der Waals surface area contributed by atoms with E-state index in [9.17, 15) is 19.5 Å². The van der Waals surface area contributed by atoms with Gasteiger partial charge >= 0.3 is 5.97 Å². The quantitative estimate of drug-likeness (QED) is 0.372. The summed E-state index contributed by atoms with van der Waals surface area (Å²) in [4.78, 5) is 38.0. The number of aliphatic hydroxyl groups excluding tert-OH is 1. The summed E-state index contributed by atoms with van der Waals surface area (Å²) in [5.74, 6) is 0.271. The maximum Gasteiger partial charge on any atom is 0.311 e. The number of hydrogen-bond acceptors (Lipinski definition) is 5. The van der Waals surface area contributed by atoms with Gasteiger partial charge in [-0.3, -0.25) is 9.59 Å². The Morgan fingerprint density at radius 2 is 1.57 bits per heavy atom. The van der Waals surface area contributed by atoms with Crippen molar-refractivity contribution in [2.24, 2.45) is 50.2 Å². The Bertz CT molecular complexity index is 1000. The molecule has 9 atom stereocenters. The van der Waals surface area contributed by atoms with Crippen molar-refractivity contribution < 1.29 is 24.2 Å². The third kappa shape index (κ3) is 3.02. The summed E-state index contributed by atoms with van der Waals surface area (Å²) in [6, 6.07) is 0. The lowest BCUT2D eigenvalue weighted by atomic mass is 9.30. The predicted molar refractivity (Wildman–Crippen MR) is 133 cm³/mol. The SMILES string of the molecule is COC(=O)C1(C)CCC2(C)CCC3(C)C4CCC5(C=O)C=C(O)C(=O)CC5C4(C)CCC3(C)C2C1. The van der Waals surface area contributed by atoms with E-state index in [0.717, 1.165) is 57.7 Å². The Morgan fingerprint density at radius 3 is 2.23 bits per heavy atom. The van der Waals surface area contributed by atoms with Crippen LogP contribution in [-0.4, -0.2) is 30.3 Å². The largest absolute Gasteiger partial charge is 0.505 e. The van der Waals surface area contributed by atoms with Gasteiger partial charge in [0.2, 0.25) is 0 Å². The third-order valence-corrected chi connectivity index (χ3v) is 13.1. The molecular formula is C30H44O5. The van der Waals surface area contributed by atoms with Crippen LogP contribution in [0.3, 0.4) is 0 Å².